The lowest BCUT2D eigenvalue weighted by Gasteiger charge is -2.52. The third-order valence-electron chi connectivity index (χ3n) is 20.3. The number of carbonyl (C=O) groups excluding carboxylic acids is 1. The van der Waals surface area contributed by atoms with Gasteiger partial charge in [0.15, 0.2) is 50.1 Å². The van der Waals surface area contributed by atoms with E-state index in [0.29, 0.717) is 0 Å². The normalized spacial score (nSPS) is 43.4. The van der Waals surface area contributed by atoms with Crippen LogP contribution in [0.5, 0.6) is 0 Å². The molecule has 0 amide bonds. The molecule has 0 unspecified atom stereocenters. The van der Waals surface area contributed by atoms with Gasteiger partial charge in [-0.1, -0.05) is 30.3 Å². The van der Waals surface area contributed by atoms with Crippen LogP contribution in [0.25, 0.3) is 0 Å². The molecular weight excluding hydrogens is 1420 g/mol. The maximum atomic E-state index is 13.6. The van der Waals surface area contributed by atoms with Crippen molar-refractivity contribution in [3.05, 3.63) is 35.9 Å². The first kappa shape index (κ1) is 87.3. The molecule has 612 valence electrons. The largest absolute Gasteiger partial charge is 0.457 e. The van der Waals surface area contributed by atoms with Gasteiger partial charge >= 0.3 is 5.97 Å². The highest BCUT2D eigenvalue weighted by Gasteiger charge is 2.63. The Morgan fingerprint density at radius 2 is 0.443 bits per heavy atom. The summed E-state index contributed by atoms with van der Waals surface area (Å²) in [6, 6.07) is 9.45. The van der Waals surface area contributed by atoms with Crippen molar-refractivity contribution in [1.29, 1.82) is 0 Å². The Morgan fingerprint density at radius 1 is 0.255 bits per heavy atom. The van der Waals surface area contributed by atoms with E-state index >= 15 is 0 Å². The van der Waals surface area contributed by atoms with Gasteiger partial charge in [-0.15, -0.1) is 0 Å². The maximum Gasteiger partial charge on any atom is 0.303 e. The van der Waals surface area contributed by atoms with Gasteiger partial charge in [0.25, 0.3) is 0 Å². The minimum Gasteiger partial charge on any atom is -0.457 e. The van der Waals surface area contributed by atoms with Crippen molar-refractivity contribution in [2.75, 3.05) is 181 Å². The fraction of sp³-hybridized carbons (Fsp3) is 0.900. The molecule has 21 aliphatic heterocycles. The van der Waals surface area contributed by atoms with Gasteiger partial charge in [0.05, 0.1) is 52.9 Å². The molecule has 21 heterocycles. The second kappa shape index (κ2) is 43.0. The van der Waals surface area contributed by atoms with Crippen molar-refractivity contribution in [2.45, 2.75) is 228 Å². The molecule has 21 fully saturated rings. The standard InChI is InChI=1S/C70H116O36/c1-34(71)92-56-49-42(33-78-8)98-69(62(56)90-20)104-47-40(31-76-6)96-67(60(88-18)54(47)83-13)102-45-38(29-74-4)94-65(58(86-16)52(45)81-11)100-43-36(27-72-2)93-64(57(85-15)50(43)79-9)101-44-37(28-73-3)95-66(59(87-17)51(44)80-10)103-46-39(30-75-5)97-68(61(89-19)53(46)82-12)105-48-41(32-77-7)99-70(106-49)63(55(48)84-14)91-26-35-24-22-21-23-25-35/h21-25,36-70H,26-33H2,1-20H3/t36-,37-,38-,39-,40-,41-,42-,43-,44-,45-,46-,47-,48-,49-,50+,51+,52+,53+,54+,55+,56+,57-,58-,59-,60-,61-,62-,63-,64-,65-,66-,67-,68-,69-,70-/m1/s1. The fourth-order valence-corrected chi connectivity index (χ4v) is 15.6. The Morgan fingerprint density at radius 3 is 0.642 bits per heavy atom. The van der Waals surface area contributed by atoms with E-state index < -0.39 is 221 Å². The van der Waals surface area contributed by atoms with Crippen LogP contribution in [0, 0.1) is 0 Å². The molecule has 14 bridgehead atoms. The molecule has 1 aromatic carbocycles. The van der Waals surface area contributed by atoms with Gasteiger partial charge in [-0.3, -0.25) is 4.79 Å². The van der Waals surface area contributed by atoms with Gasteiger partial charge < -0.3 is 166 Å². The highest BCUT2D eigenvalue weighted by Crippen LogP contribution is 2.43. The summed E-state index contributed by atoms with van der Waals surface area (Å²) in [5, 5.41) is 0. The smallest absolute Gasteiger partial charge is 0.303 e. The summed E-state index contributed by atoms with van der Waals surface area (Å²) >= 11 is 0. The molecule has 22 rings (SSSR count). The van der Waals surface area contributed by atoms with Crippen LogP contribution in [0.2, 0.25) is 0 Å². The topological polar surface area (TPSA) is 340 Å². The van der Waals surface area contributed by atoms with Crippen LogP contribution >= 0.6 is 0 Å². The molecule has 106 heavy (non-hydrogen) atoms. The quantitative estimate of drug-likeness (QED) is 0.0915. The van der Waals surface area contributed by atoms with E-state index in [-0.39, 0.29) is 52.9 Å². The Labute approximate surface area is 620 Å². The lowest BCUT2D eigenvalue weighted by atomic mass is 9.94. The number of esters is 1. The number of rotatable bonds is 30. The molecule has 36 heteroatoms. The monoisotopic (exact) mass is 1530 g/mol. The number of methoxy groups -OCH3 is 19. The molecule has 0 aliphatic carbocycles. The predicted molar refractivity (Wildman–Crippen MR) is 358 cm³/mol. The van der Waals surface area contributed by atoms with Gasteiger partial charge in [-0.05, 0) is 5.56 Å². The second-order valence-electron chi connectivity index (χ2n) is 26.4. The summed E-state index contributed by atoms with van der Waals surface area (Å²) in [5.74, 6) is -0.704. The number of benzene rings is 1. The van der Waals surface area contributed by atoms with Crippen LogP contribution in [-0.4, -0.2) is 402 Å². The molecule has 35 atom stereocenters. The molecule has 0 aromatic heterocycles. The summed E-state index contributed by atoms with van der Waals surface area (Å²) < 4.78 is 228. The zero-order valence-electron chi connectivity index (χ0n) is 64.4. The van der Waals surface area contributed by atoms with Crippen LogP contribution in [-0.2, 0) is 177 Å². The van der Waals surface area contributed by atoms with Crippen LogP contribution in [0.15, 0.2) is 30.3 Å². The average Bonchev–Trinajstić information content (AvgIpc) is 0.769. The average molecular weight is 1530 g/mol. The molecular formula is C70H116O36. The second-order valence-corrected chi connectivity index (χ2v) is 26.4. The Balaban J connectivity index is 1.17. The van der Waals surface area contributed by atoms with Gasteiger partial charge in [0.2, 0.25) is 0 Å². The molecule has 0 N–H and O–H groups in total. The van der Waals surface area contributed by atoms with E-state index in [0.717, 1.165) is 5.56 Å². The van der Waals surface area contributed by atoms with E-state index in [9.17, 15) is 4.79 Å². The van der Waals surface area contributed by atoms with Crippen LogP contribution in [0.4, 0.5) is 0 Å². The SMILES string of the molecule is COC[C@H]1O[C@@H]2O[C@H]3[C@H](OC)[C@@H](OC)[C@@H](O[C@H]4[C@H](OC)[C@@H](OC)[C@@H](O[C@H]5[C@H](OC)[C@@H](OCc6ccccc6)[C@@H](O[C@H]6[C@H](OC(C)=O)[C@@H](OC)[C@@H](O[C@H]7[C@H](OC)[C@@H](OC)[C@@H](O[C@H]8[C@H](OC)[C@@H](OC)[C@@H](O[C@H]1[C@H](OC)[C@H]2OC)O[C@@H]8COC)O[C@@H]7COC)O[C@@H]6COC)O[C@@H]5COC)O[C@@H]4COC)O[C@@H]3COC. The van der Waals surface area contributed by atoms with E-state index in [2.05, 4.69) is 0 Å². The minimum absolute atomic E-state index is 0.0168. The van der Waals surface area contributed by atoms with Gasteiger partial charge in [-0.25, -0.2) is 0 Å². The van der Waals surface area contributed by atoms with Crippen molar-refractivity contribution in [3.8, 4) is 0 Å². The first-order valence-corrected chi connectivity index (χ1v) is 35.3. The van der Waals surface area contributed by atoms with Crippen molar-refractivity contribution >= 4 is 5.97 Å². The van der Waals surface area contributed by atoms with Gasteiger partial charge in [0, 0.05) is 142 Å². The molecule has 0 saturated carbocycles. The predicted octanol–water partition coefficient (Wildman–Crippen LogP) is -0.00740. The Bertz CT molecular complexity index is 2630. The number of hydrogen-bond donors (Lipinski definition) is 0. The molecule has 21 aliphatic rings. The van der Waals surface area contributed by atoms with Crippen LogP contribution in [0.3, 0.4) is 0 Å². The molecule has 1 aromatic rings. The van der Waals surface area contributed by atoms with Crippen molar-refractivity contribution in [3.63, 3.8) is 0 Å². The van der Waals surface area contributed by atoms with Crippen molar-refractivity contribution in [2.24, 2.45) is 0 Å². The number of hydrogen-bond acceptors (Lipinski definition) is 36. The van der Waals surface area contributed by atoms with Crippen molar-refractivity contribution < 1.29 is 171 Å². The van der Waals surface area contributed by atoms with Crippen LogP contribution < -0.4 is 0 Å². The molecule has 36 nitrogen and oxygen atoms in total. The molecule has 0 spiro atoms. The number of carbonyl (C=O) groups is 1. The zero-order valence-corrected chi connectivity index (χ0v) is 64.4. The molecule has 0 radical (unpaired) electrons. The molecule has 21 saturated heterocycles. The van der Waals surface area contributed by atoms with E-state index in [1.807, 2.05) is 30.3 Å². The Hall–Kier alpha value is -2.67. The van der Waals surface area contributed by atoms with Gasteiger partial charge in [-0.2, -0.15) is 0 Å². The van der Waals surface area contributed by atoms with E-state index in [1.165, 1.54) is 142 Å². The maximum absolute atomic E-state index is 13.6. The van der Waals surface area contributed by atoms with Gasteiger partial charge in [0.1, 0.15) is 165 Å². The summed E-state index contributed by atoms with van der Waals surface area (Å²) in [6.07, 6.45) is -39.0. The first-order chi connectivity index (χ1) is 51.6. The summed E-state index contributed by atoms with van der Waals surface area (Å²) in [7, 11) is 28.3. The summed E-state index contributed by atoms with van der Waals surface area (Å²) in [6.45, 7) is 0.631. The van der Waals surface area contributed by atoms with E-state index in [1.54, 1.807) is 0 Å². The number of ether oxygens (including phenoxy) is 35. The highest BCUT2D eigenvalue weighted by atomic mass is 16.8. The van der Waals surface area contributed by atoms with Crippen LogP contribution in [0.1, 0.15) is 12.5 Å². The minimum atomic E-state index is -1.40. The van der Waals surface area contributed by atoms with E-state index in [4.69, 9.17) is 166 Å². The Kier molecular flexibility index (Phi) is 35.4. The first-order valence-electron chi connectivity index (χ1n) is 35.3. The highest BCUT2D eigenvalue weighted by molar-refractivity contribution is 5.66. The van der Waals surface area contributed by atoms with Crippen molar-refractivity contribution in [1.82, 2.24) is 0 Å². The fourth-order valence-electron chi connectivity index (χ4n) is 15.6. The summed E-state index contributed by atoms with van der Waals surface area (Å²) in [5.41, 5.74) is 0.792. The zero-order chi connectivity index (χ0) is 76.3. The lowest BCUT2D eigenvalue weighted by molar-refractivity contribution is -0.403. The third kappa shape index (κ3) is 19.7. The lowest BCUT2D eigenvalue weighted by Crippen LogP contribution is -2.69. The third-order valence-corrected chi connectivity index (χ3v) is 20.3. The summed E-state index contributed by atoms with van der Waals surface area (Å²) in [4.78, 5) is 13.6.